The number of anilines is 1. The standard InChI is InChI=1S/C22H25ClN2O2/c1-16-20(21-15-19(26-2)7-8-22(21)27-16)9-10-24-11-13-25(14-12-24)18-5-3-17(23)4-6-18/h3-8,15H,9-14H2,1-2H3. The van der Waals surface area contributed by atoms with E-state index < -0.39 is 0 Å². The molecule has 1 saturated heterocycles. The fourth-order valence-electron chi connectivity index (χ4n) is 3.84. The summed E-state index contributed by atoms with van der Waals surface area (Å²) in [6.07, 6.45) is 0.993. The maximum Gasteiger partial charge on any atom is 0.134 e. The van der Waals surface area contributed by atoms with Crippen LogP contribution in [0.15, 0.2) is 46.9 Å². The number of aryl methyl sites for hydroxylation is 1. The van der Waals surface area contributed by atoms with Gasteiger partial charge in [-0.3, -0.25) is 4.90 Å². The van der Waals surface area contributed by atoms with Crippen molar-refractivity contribution in [2.24, 2.45) is 0 Å². The summed E-state index contributed by atoms with van der Waals surface area (Å²) in [7, 11) is 1.70. The predicted octanol–water partition coefficient (Wildman–Crippen LogP) is 4.77. The molecule has 4 nitrogen and oxygen atoms in total. The van der Waals surface area contributed by atoms with Crippen LogP contribution in [0.4, 0.5) is 5.69 Å². The molecule has 4 rings (SSSR count). The molecule has 1 fully saturated rings. The molecule has 0 amide bonds. The van der Waals surface area contributed by atoms with Crippen molar-refractivity contribution in [3.63, 3.8) is 0 Å². The van der Waals surface area contributed by atoms with Crippen LogP contribution in [0.3, 0.4) is 0 Å². The first-order chi connectivity index (χ1) is 13.1. The minimum atomic E-state index is 0.789. The number of hydrogen-bond acceptors (Lipinski definition) is 4. The normalized spacial score (nSPS) is 15.4. The van der Waals surface area contributed by atoms with Gasteiger partial charge in [-0.05, 0) is 55.8 Å². The number of piperazine rings is 1. The number of methoxy groups -OCH3 is 1. The van der Waals surface area contributed by atoms with Gasteiger partial charge < -0.3 is 14.1 Å². The molecule has 2 aromatic carbocycles. The molecule has 0 atom stereocenters. The van der Waals surface area contributed by atoms with Crippen molar-refractivity contribution < 1.29 is 9.15 Å². The highest BCUT2D eigenvalue weighted by molar-refractivity contribution is 6.30. The van der Waals surface area contributed by atoms with Crippen LogP contribution in [0, 0.1) is 6.92 Å². The van der Waals surface area contributed by atoms with Crippen molar-refractivity contribution in [1.29, 1.82) is 0 Å². The molecule has 1 aliphatic heterocycles. The van der Waals surface area contributed by atoms with Crippen LogP contribution in [-0.2, 0) is 6.42 Å². The maximum atomic E-state index is 5.99. The third kappa shape index (κ3) is 3.92. The summed E-state index contributed by atoms with van der Waals surface area (Å²) in [5.41, 5.74) is 3.49. The summed E-state index contributed by atoms with van der Waals surface area (Å²) < 4.78 is 11.3. The van der Waals surface area contributed by atoms with Crippen molar-refractivity contribution in [2.45, 2.75) is 13.3 Å². The number of rotatable bonds is 5. The molecule has 0 N–H and O–H groups in total. The maximum absolute atomic E-state index is 5.99. The topological polar surface area (TPSA) is 28.9 Å². The second-order valence-electron chi connectivity index (χ2n) is 7.05. The van der Waals surface area contributed by atoms with E-state index in [1.165, 1.54) is 16.6 Å². The largest absolute Gasteiger partial charge is 0.497 e. The molecule has 0 radical (unpaired) electrons. The van der Waals surface area contributed by atoms with E-state index in [0.29, 0.717) is 0 Å². The first kappa shape index (κ1) is 18.2. The Kier molecular flexibility index (Phi) is 5.28. The Morgan fingerprint density at radius 2 is 1.78 bits per heavy atom. The van der Waals surface area contributed by atoms with Gasteiger partial charge in [0.25, 0.3) is 0 Å². The molecule has 1 aliphatic rings. The highest BCUT2D eigenvalue weighted by Gasteiger charge is 2.19. The average molecular weight is 385 g/mol. The summed E-state index contributed by atoms with van der Waals surface area (Å²) in [5.74, 6) is 1.89. The van der Waals surface area contributed by atoms with E-state index >= 15 is 0 Å². The van der Waals surface area contributed by atoms with Gasteiger partial charge in [0.1, 0.15) is 17.1 Å². The van der Waals surface area contributed by atoms with E-state index in [2.05, 4.69) is 34.9 Å². The van der Waals surface area contributed by atoms with Crippen LogP contribution in [0.2, 0.25) is 5.02 Å². The summed E-state index contributed by atoms with van der Waals surface area (Å²) >= 11 is 5.99. The van der Waals surface area contributed by atoms with Crippen LogP contribution in [-0.4, -0.2) is 44.7 Å². The highest BCUT2D eigenvalue weighted by Crippen LogP contribution is 2.29. The van der Waals surface area contributed by atoms with Gasteiger partial charge in [0.15, 0.2) is 0 Å². The molecule has 0 unspecified atom stereocenters. The van der Waals surface area contributed by atoms with Crippen LogP contribution < -0.4 is 9.64 Å². The second kappa shape index (κ2) is 7.83. The van der Waals surface area contributed by atoms with Crippen molar-refractivity contribution in [3.05, 3.63) is 58.8 Å². The van der Waals surface area contributed by atoms with E-state index in [4.69, 9.17) is 20.8 Å². The minimum Gasteiger partial charge on any atom is -0.497 e. The van der Waals surface area contributed by atoms with Crippen molar-refractivity contribution in [2.75, 3.05) is 44.7 Å². The van der Waals surface area contributed by atoms with Gasteiger partial charge in [-0.1, -0.05) is 11.6 Å². The van der Waals surface area contributed by atoms with E-state index in [1.807, 2.05) is 24.3 Å². The summed E-state index contributed by atoms with van der Waals surface area (Å²) in [6, 6.07) is 14.2. The molecule has 0 bridgehead atoms. The van der Waals surface area contributed by atoms with Crippen molar-refractivity contribution in [1.82, 2.24) is 4.90 Å². The molecular formula is C22H25ClN2O2. The smallest absolute Gasteiger partial charge is 0.134 e. The van der Waals surface area contributed by atoms with Crippen molar-refractivity contribution >= 4 is 28.3 Å². The highest BCUT2D eigenvalue weighted by atomic mass is 35.5. The molecule has 2 heterocycles. The number of halogens is 1. The molecule has 1 aromatic heterocycles. The second-order valence-corrected chi connectivity index (χ2v) is 7.49. The van der Waals surface area contributed by atoms with Crippen LogP contribution in [0.1, 0.15) is 11.3 Å². The molecule has 3 aromatic rings. The fourth-order valence-corrected chi connectivity index (χ4v) is 3.97. The molecule has 0 saturated carbocycles. The molecule has 27 heavy (non-hydrogen) atoms. The average Bonchev–Trinajstić information content (AvgIpc) is 3.01. The predicted molar refractivity (Wildman–Crippen MR) is 111 cm³/mol. The number of furan rings is 1. The zero-order valence-electron chi connectivity index (χ0n) is 15.9. The lowest BCUT2D eigenvalue weighted by atomic mass is 10.1. The van der Waals surface area contributed by atoms with Gasteiger partial charge >= 0.3 is 0 Å². The molecule has 0 aliphatic carbocycles. The third-order valence-electron chi connectivity index (χ3n) is 5.44. The lowest BCUT2D eigenvalue weighted by Gasteiger charge is -2.36. The zero-order chi connectivity index (χ0) is 18.8. The molecular weight excluding hydrogens is 360 g/mol. The van der Waals surface area contributed by atoms with Gasteiger partial charge in [0, 0.05) is 54.4 Å². The van der Waals surface area contributed by atoms with Gasteiger partial charge in [-0.2, -0.15) is 0 Å². The van der Waals surface area contributed by atoms with Gasteiger partial charge in [0.2, 0.25) is 0 Å². The number of fused-ring (bicyclic) bond motifs is 1. The monoisotopic (exact) mass is 384 g/mol. The van der Waals surface area contributed by atoms with E-state index in [1.54, 1.807) is 7.11 Å². The van der Waals surface area contributed by atoms with Gasteiger partial charge in [-0.25, -0.2) is 0 Å². The Balaban J connectivity index is 1.38. The third-order valence-corrected chi connectivity index (χ3v) is 5.69. The lowest BCUT2D eigenvalue weighted by Crippen LogP contribution is -2.47. The zero-order valence-corrected chi connectivity index (χ0v) is 16.6. The minimum absolute atomic E-state index is 0.789. The van der Waals surface area contributed by atoms with E-state index in [-0.39, 0.29) is 0 Å². The molecule has 142 valence electrons. The Hall–Kier alpha value is -2.17. The van der Waals surface area contributed by atoms with Gasteiger partial charge in [-0.15, -0.1) is 0 Å². The summed E-state index contributed by atoms with van der Waals surface area (Å²) in [6.45, 7) is 7.32. The Bertz CT molecular complexity index is 912. The van der Waals surface area contributed by atoms with E-state index in [0.717, 1.165) is 61.3 Å². The number of hydrogen-bond donors (Lipinski definition) is 0. The Labute approximate surface area is 165 Å². The first-order valence-corrected chi connectivity index (χ1v) is 9.81. The Morgan fingerprint density at radius 3 is 2.48 bits per heavy atom. The van der Waals surface area contributed by atoms with Crippen LogP contribution in [0.5, 0.6) is 5.75 Å². The number of ether oxygens (including phenoxy) is 1. The molecule has 0 spiro atoms. The fraction of sp³-hybridized carbons (Fsp3) is 0.364. The van der Waals surface area contributed by atoms with E-state index in [9.17, 15) is 0 Å². The summed E-state index contributed by atoms with van der Waals surface area (Å²) in [4.78, 5) is 4.96. The summed E-state index contributed by atoms with van der Waals surface area (Å²) in [5, 5.41) is 1.96. The Morgan fingerprint density at radius 1 is 1.04 bits per heavy atom. The van der Waals surface area contributed by atoms with Crippen LogP contribution in [0.25, 0.3) is 11.0 Å². The number of nitrogens with zero attached hydrogens (tertiary/aromatic N) is 2. The quantitative estimate of drug-likeness (QED) is 0.633. The molecule has 5 heteroatoms. The number of benzene rings is 2. The van der Waals surface area contributed by atoms with Crippen molar-refractivity contribution in [3.8, 4) is 5.75 Å². The van der Waals surface area contributed by atoms with Crippen LogP contribution >= 0.6 is 11.6 Å². The van der Waals surface area contributed by atoms with Gasteiger partial charge in [0.05, 0.1) is 7.11 Å². The first-order valence-electron chi connectivity index (χ1n) is 9.43. The lowest BCUT2D eigenvalue weighted by molar-refractivity contribution is 0.261. The SMILES string of the molecule is COc1ccc2oc(C)c(CCN3CCN(c4ccc(Cl)cc4)CC3)c2c1.